The van der Waals surface area contributed by atoms with Gasteiger partial charge in [-0.1, -0.05) is 17.7 Å². The highest BCUT2D eigenvalue weighted by Crippen LogP contribution is 2.30. The Balaban J connectivity index is 1.43. The van der Waals surface area contributed by atoms with Gasteiger partial charge in [-0.2, -0.15) is 0 Å². The van der Waals surface area contributed by atoms with Crippen LogP contribution in [0.15, 0.2) is 18.2 Å². The second kappa shape index (κ2) is 4.76. The summed E-state index contributed by atoms with van der Waals surface area (Å²) in [5.41, 5.74) is 2.94. The first kappa shape index (κ1) is 12.2. The minimum absolute atomic E-state index is 0.624. The van der Waals surface area contributed by atoms with E-state index in [-0.39, 0.29) is 0 Å². The molecule has 0 spiro atoms. The standard InChI is InChI=1S/C16H21ClN2/c17-14-2-1-12-8-15(9-13(12)7-14)18-16-10-19-5-3-11(16)4-6-19/h1-2,7,11,15-16,18H,3-6,8-10H2. The molecule has 102 valence electrons. The third-order valence-corrected chi connectivity index (χ3v) is 5.44. The number of nitrogens with one attached hydrogen (secondary N) is 1. The van der Waals surface area contributed by atoms with Gasteiger partial charge in [0.05, 0.1) is 0 Å². The lowest BCUT2D eigenvalue weighted by Crippen LogP contribution is -2.58. The first-order valence-corrected chi connectivity index (χ1v) is 7.91. The normalized spacial score (nSPS) is 36.5. The summed E-state index contributed by atoms with van der Waals surface area (Å²) in [7, 11) is 0. The molecule has 19 heavy (non-hydrogen) atoms. The molecule has 0 saturated carbocycles. The van der Waals surface area contributed by atoms with Crippen LogP contribution >= 0.6 is 11.6 Å². The summed E-state index contributed by atoms with van der Waals surface area (Å²) >= 11 is 6.09. The molecule has 0 radical (unpaired) electrons. The summed E-state index contributed by atoms with van der Waals surface area (Å²) in [6, 6.07) is 7.72. The Bertz CT molecular complexity index is 480. The van der Waals surface area contributed by atoms with Crippen LogP contribution in [0, 0.1) is 5.92 Å². The number of nitrogens with zero attached hydrogens (tertiary/aromatic N) is 1. The molecular formula is C16H21ClN2. The lowest BCUT2D eigenvalue weighted by atomic mass is 9.83. The van der Waals surface area contributed by atoms with Crippen LogP contribution in [-0.4, -0.2) is 36.6 Å². The molecule has 2 nitrogen and oxygen atoms in total. The lowest BCUT2D eigenvalue weighted by molar-refractivity contribution is 0.0676. The van der Waals surface area contributed by atoms with Gasteiger partial charge in [-0.25, -0.2) is 0 Å². The molecule has 1 aliphatic carbocycles. The Morgan fingerprint density at radius 1 is 1.11 bits per heavy atom. The van der Waals surface area contributed by atoms with Crippen LogP contribution in [0.1, 0.15) is 24.0 Å². The number of benzene rings is 1. The van der Waals surface area contributed by atoms with Gasteiger partial charge in [0.2, 0.25) is 0 Å². The maximum atomic E-state index is 6.09. The summed E-state index contributed by atoms with van der Waals surface area (Å²) in [5, 5.41) is 4.81. The number of hydrogen-bond acceptors (Lipinski definition) is 2. The summed E-state index contributed by atoms with van der Waals surface area (Å²) in [5.74, 6) is 0.914. The fourth-order valence-corrected chi connectivity index (χ4v) is 4.36. The Hall–Kier alpha value is -0.570. The molecule has 1 aromatic rings. The van der Waals surface area contributed by atoms with Gasteiger partial charge in [0.25, 0.3) is 0 Å². The monoisotopic (exact) mass is 276 g/mol. The van der Waals surface area contributed by atoms with Gasteiger partial charge in [-0.15, -0.1) is 0 Å². The van der Waals surface area contributed by atoms with Crippen LogP contribution in [-0.2, 0) is 12.8 Å². The van der Waals surface area contributed by atoms with Crippen LogP contribution in [0.4, 0.5) is 0 Å². The molecule has 0 aromatic heterocycles. The van der Waals surface area contributed by atoms with Crippen LogP contribution in [0.2, 0.25) is 5.02 Å². The van der Waals surface area contributed by atoms with E-state index in [1.54, 1.807) is 0 Å². The third-order valence-electron chi connectivity index (χ3n) is 5.21. The van der Waals surface area contributed by atoms with E-state index in [4.69, 9.17) is 11.6 Å². The van der Waals surface area contributed by atoms with Crippen LogP contribution in [0.25, 0.3) is 0 Å². The number of halogens is 1. The van der Waals surface area contributed by atoms with Gasteiger partial charge in [0.1, 0.15) is 0 Å². The predicted molar refractivity (Wildman–Crippen MR) is 78.7 cm³/mol. The van der Waals surface area contributed by atoms with Crippen molar-refractivity contribution in [2.75, 3.05) is 19.6 Å². The largest absolute Gasteiger partial charge is 0.309 e. The molecule has 3 fully saturated rings. The summed E-state index contributed by atoms with van der Waals surface area (Å²) < 4.78 is 0. The minimum atomic E-state index is 0.624. The Morgan fingerprint density at radius 2 is 1.89 bits per heavy atom. The number of rotatable bonds is 2. The maximum absolute atomic E-state index is 6.09. The average Bonchev–Trinajstić information content (AvgIpc) is 2.81. The average molecular weight is 277 g/mol. The maximum Gasteiger partial charge on any atom is 0.0408 e. The highest BCUT2D eigenvalue weighted by atomic mass is 35.5. The van der Waals surface area contributed by atoms with Crippen molar-refractivity contribution in [1.82, 2.24) is 10.2 Å². The van der Waals surface area contributed by atoms with Crippen molar-refractivity contribution >= 4 is 11.6 Å². The van der Waals surface area contributed by atoms with Crippen LogP contribution < -0.4 is 5.32 Å². The molecule has 3 saturated heterocycles. The molecule has 0 amide bonds. The highest BCUT2D eigenvalue weighted by Gasteiger charge is 2.35. The lowest BCUT2D eigenvalue weighted by Gasteiger charge is -2.46. The summed E-state index contributed by atoms with van der Waals surface area (Å²) in [4.78, 5) is 2.62. The molecule has 4 aliphatic rings. The minimum Gasteiger partial charge on any atom is -0.309 e. The van der Waals surface area contributed by atoms with Gasteiger partial charge in [-0.05, 0) is 68.0 Å². The van der Waals surface area contributed by atoms with Crippen molar-refractivity contribution in [3.63, 3.8) is 0 Å². The first-order chi connectivity index (χ1) is 9.28. The highest BCUT2D eigenvalue weighted by molar-refractivity contribution is 6.30. The number of hydrogen-bond donors (Lipinski definition) is 1. The fourth-order valence-electron chi connectivity index (χ4n) is 4.16. The SMILES string of the molecule is Clc1ccc2c(c1)CC(NC1CN3CCC1CC3)C2. The molecule has 2 bridgehead atoms. The quantitative estimate of drug-likeness (QED) is 0.893. The van der Waals surface area contributed by atoms with E-state index in [1.165, 1.54) is 50.0 Å². The molecule has 1 N–H and O–H groups in total. The predicted octanol–water partition coefficient (Wildman–Crippen LogP) is 2.49. The third kappa shape index (κ3) is 2.31. The van der Waals surface area contributed by atoms with Gasteiger partial charge in [0, 0.05) is 23.7 Å². The van der Waals surface area contributed by atoms with Crippen molar-refractivity contribution in [3.05, 3.63) is 34.3 Å². The van der Waals surface area contributed by atoms with E-state index in [0.717, 1.165) is 23.4 Å². The van der Waals surface area contributed by atoms with Crippen molar-refractivity contribution < 1.29 is 0 Å². The van der Waals surface area contributed by atoms with Crippen molar-refractivity contribution in [2.45, 2.75) is 37.8 Å². The topological polar surface area (TPSA) is 15.3 Å². The van der Waals surface area contributed by atoms with E-state index in [9.17, 15) is 0 Å². The smallest absolute Gasteiger partial charge is 0.0408 e. The molecular weight excluding hydrogens is 256 g/mol. The Morgan fingerprint density at radius 3 is 2.63 bits per heavy atom. The van der Waals surface area contributed by atoms with E-state index in [1.807, 2.05) is 6.07 Å². The van der Waals surface area contributed by atoms with Gasteiger partial charge < -0.3 is 10.2 Å². The Labute approximate surface area is 120 Å². The molecule has 5 rings (SSSR count). The zero-order valence-electron chi connectivity index (χ0n) is 11.2. The van der Waals surface area contributed by atoms with E-state index in [2.05, 4.69) is 22.3 Å². The van der Waals surface area contributed by atoms with Crippen molar-refractivity contribution in [2.24, 2.45) is 5.92 Å². The second-order valence-corrected chi connectivity index (χ2v) is 6.87. The van der Waals surface area contributed by atoms with Gasteiger partial charge in [-0.3, -0.25) is 0 Å². The van der Waals surface area contributed by atoms with Crippen molar-refractivity contribution in [3.8, 4) is 0 Å². The van der Waals surface area contributed by atoms with Gasteiger partial charge in [0.15, 0.2) is 0 Å². The first-order valence-electron chi connectivity index (χ1n) is 7.53. The fraction of sp³-hybridized carbons (Fsp3) is 0.625. The van der Waals surface area contributed by atoms with Crippen LogP contribution in [0.5, 0.6) is 0 Å². The van der Waals surface area contributed by atoms with E-state index in [0.29, 0.717) is 6.04 Å². The van der Waals surface area contributed by atoms with Crippen molar-refractivity contribution in [1.29, 1.82) is 0 Å². The van der Waals surface area contributed by atoms with Crippen LogP contribution in [0.3, 0.4) is 0 Å². The van der Waals surface area contributed by atoms with E-state index >= 15 is 0 Å². The molecule has 1 aromatic carbocycles. The number of piperidine rings is 3. The molecule has 2 unspecified atom stereocenters. The number of fused-ring (bicyclic) bond motifs is 4. The molecule has 3 aliphatic heterocycles. The van der Waals surface area contributed by atoms with Gasteiger partial charge >= 0.3 is 0 Å². The molecule has 3 heterocycles. The van der Waals surface area contributed by atoms with E-state index < -0.39 is 0 Å². The zero-order chi connectivity index (χ0) is 12.8. The zero-order valence-corrected chi connectivity index (χ0v) is 12.0. The molecule has 2 atom stereocenters. The Kier molecular flexibility index (Phi) is 3.06. The molecule has 3 heteroatoms. The summed E-state index contributed by atoms with van der Waals surface area (Å²) in [6.45, 7) is 3.91. The summed E-state index contributed by atoms with van der Waals surface area (Å²) in [6.07, 6.45) is 5.11. The second-order valence-electron chi connectivity index (χ2n) is 6.43.